The van der Waals surface area contributed by atoms with Gasteiger partial charge in [-0.05, 0) is 44.2 Å². The summed E-state index contributed by atoms with van der Waals surface area (Å²) in [5.41, 5.74) is 0.636. The molecule has 118 valence electrons. The number of hydrogen-bond donors (Lipinski definition) is 1. The summed E-state index contributed by atoms with van der Waals surface area (Å²) in [6.45, 7) is 3.86. The topological polar surface area (TPSA) is 68.3 Å². The average molecular weight is 341 g/mol. The highest BCUT2D eigenvalue weighted by molar-refractivity contribution is 7.89. The van der Waals surface area contributed by atoms with E-state index in [9.17, 15) is 8.42 Å². The van der Waals surface area contributed by atoms with E-state index in [0.717, 1.165) is 0 Å². The predicted molar refractivity (Wildman–Crippen MR) is 85.5 cm³/mol. The number of aromatic nitrogens is 1. The van der Waals surface area contributed by atoms with Crippen LogP contribution in [-0.2, 0) is 16.6 Å². The first kappa shape index (κ1) is 16.7. The zero-order valence-electron chi connectivity index (χ0n) is 12.3. The van der Waals surface area contributed by atoms with Gasteiger partial charge in [0.15, 0.2) is 0 Å². The Bertz CT molecular complexity index is 734. The fraction of sp³-hybridized carbons (Fsp3) is 0.267. The zero-order chi connectivity index (χ0) is 16.2. The predicted octanol–water partition coefficient (Wildman–Crippen LogP) is 3.00. The van der Waals surface area contributed by atoms with Crippen molar-refractivity contribution in [1.82, 2.24) is 9.71 Å². The van der Waals surface area contributed by atoms with E-state index in [-0.39, 0.29) is 22.6 Å². The maximum absolute atomic E-state index is 12.3. The van der Waals surface area contributed by atoms with Gasteiger partial charge in [0.1, 0.15) is 5.75 Å². The van der Waals surface area contributed by atoms with Crippen molar-refractivity contribution in [3.63, 3.8) is 0 Å². The van der Waals surface area contributed by atoms with Crippen LogP contribution in [-0.4, -0.2) is 19.5 Å². The number of nitrogens with one attached hydrogen (secondary N) is 1. The van der Waals surface area contributed by atoms with Gasteiger partial charge in [-0.3, -0.25) is 4.98 Å². The highest BCUT2D eigenvalue weighted by Crippen LogP contribution is 2.28. The molecule has 0 aliphatic heterocycles. The SMILES string of the molecule is CC(C)Oc1ccc(S(=O)(=O)NCc2ccccn2)cc1Cl. The fourth-order valence-electron chi connectivity index (χ4n) is 1.75. The molecule has 0 bridgehead atoms. The van der Waals surface area contributed by atoms with Gasteiger partial charge in [-0.15, -0.1) is 0 Å². The van der Waals surface area contributed by atoms with Crippen molar-refractivity contribution < 1.29 is 13.2 Å². The monoisotopic (exact) mass is 340 g/mol. The van der Waals surface area contributed by atoms with Crippen molar-refractivity contribution in [3.8, 4) is 5.75 Å². The molecule has 0 amide bonds. The van der Waals surface area contributed by atoms with E-state index in [2.05, 4.69) is 9.71 Å². The summed E-state index contributed by atoms with van der Waals surface area (Å²) in [4.78, 5) is 4.15. The molecule has 0 radical (unpaired) electrons. The average Bonchev–Trinajstić information content (AvgIpc) is 2.48. The lowest BCUT2D eigenvalue weighted by Crippen LogP contribution is -2.23. The Morgan fingerprint density at radius 1 is 1.27 bits per heavy atom. The first-order chi connectivity index (χ1) is 10.4. The smallest absolute Gasteiger partial charge is 0.240 e. The second-order valence-corrected chi connectivity index (χ2v) is 7.08. The van der Waals surface area contributed by atoms with Gasteiger partial charge < -0.3 is 4.74 Å². The number of ether oxygens (including phenoxy) is 1. The van der Waals surface area contributed by atoms with Crippen molar-refractivity contribution in [2.75, 3.05) is 0 Å². The number of hydrogen-bond acceptors (Lipinski definition) is 4. The van der Waals surface area contributed by atoms with Gasteiger partial charge in [-0.2, -0.15) is 0 Å². The lowest BCUT2D eigenvalue weighted by Gasteiger charge is -2.12. The molecule has 0 saturated carbocycles. The Balaban J connectivity index is 2.14. The van der Waals surface area contributed by atoms with Crippen LogP contribution in [0.3, 0.4) is 0 Å². The third-order valence-electron chi connectivity index (χ3n) is 2.75. The number of sulfonamides is 1. The molecule has 2 aromatic rings. The van der Waals surface area contributed by atoms with Crippen LogP contribution >= 0.6 is 11.6 Å². The van der Waals surface area contributed by atoms with Crippen LogP contribution in [0.25, 0.3) is 0 Å². The lowest BCUT2D eigenvalue weighted by atomic mass is 10.3. The van der Waals surface area contributed by atoms with E-state index >= 15 is 0 Å². The van der Waals surface area contributed by atoms with Crippen LogP contribution < -0.4 is 9.46 Å². The third-order valence-corrected chi connectivity index (χ3v) is 4.44. The Kier molecular flexibility index (Phi) is 5.39. The first-order valence-corrected chi connectivity index (χ1v) is 8.60. The van der Waals surface area contributed by atoms with Gasteiger partial charge >= 0.3 is 0 Å². The van der Waals surface area contributed by atoms with Gasteiger partial charge in [0, 0.05) is 6.20 Å². The molecule has 1 N–H and O–H groups in total. The standard InChI is InChI=1S/C15H17ClN2O3S/c1-11(2)21-15-7-6-13(9-14(15)16)22(19,20)18-10-12-5-3-4-8-17-12/h3-9,11,18H,10H2,1-2H3. The van der Waals surface area contributed by atoms with Crippen LogP contribution in [0.5, 0.6) is 5.75 Å². The fourth-order valence-corrected chi connectivity index (χ4v) is 3.07. The number of halogens is 1. The molecule has 7 heteroatoms. The van der Waals surface area contributed by atoms with Gasteiger partial charge in [0.05, 0.1) is 28.3 Å². The van der Waals surface area contributed by atoms with Gasteiger partial charge in [-0.1, -0.05) is 17.7 Å². The first-order valence-electron chi connectivity index (χ1n) is 6.74. The van der Waals surface area contributed by atoms with Gasteiger partial charge in [0.25, 0.3) is 0 Å². The molecule has 2 rings (SSSR count). The largest absolute Gasteiger partial charge is 0.489 e. The molecule has 0 aliphatic carbocycles. The maximum Gasteiger partial charge on any atom is 0.240 e. The van der Waals surface area contributed by atoms with Crippen LogP contribution in [0, 0.1) is 0 Å². The van der Waals surface area contributed by atoms with Crippen LogP contribution in [0.4, 0.5) is 0 Å². The van der Waals surface area contributed by atoms with Gasteiger partial charge in [0.2, 0.25) is 10.0 Å². The molecule has 0 fully saturated rings. The Hall–Kier alpha value is -1.63. The molecular weight excluding hydrogens is 324 g/mol. The van der Waals surface area contributed by atoms with Gasteiger partial charge in [-0.25, -0.2) is 13.1 Å². The molecular formula is C15H17ClN2O3S. The maximum atomic E-state index is 12.3. The molecule has 0 unspecified atom stereocenters. The highest BCUT2D eigenvalue weighted by Gasteiger charge is 2.16. The Labute approximate surface area is 135 Å². The molecule has 1 aromatic heterocycles. The molecule has 0 saturated heterocycles. The molecule has 5 nitrogen and oxygen atoms in total. The lowest BCUT2D eigenvalue weighted by molar-refractivity contribution is 0.242. The van der Waals surface area contributed by atoms with E-state index in [1.54, 1.807) is 30.5 Å². The zero-order valence-corrected chi connectivity index (χ0v) is 13.9. The second kappa shape index (κ2) is 7.09. The molecule has 0 atom stereocenters. The summed E-state index contributed by atoms with van der Waals surface area (Å²) in [5.74, 6) is 0.459. The van der Waals surface area contributed by atoms with Crippen molar-refractivity contribution in [2.45, 2.75) is 31.4 Å². The van der Waals surface area contributed by atoms with E-state index in [1.165, 1.54) is 12.1 Å². The number of rotatable bonds is 6. The van der Waals surface area contributed by atoms with Crippen molar-refractivity contribution in [1.29, 1.82) is 0 Å². The number of nitrogens with zero attached hydrogens (tertiary/aromatic N) is 1. The van der Waals surface area contributed by atoms with Crippen LogP contribution in [0.2, 0.25) is 5.02 Å². The van der Waals surface area contributed by atoms with E-state index in [0.29, 0.717) is 11.4 Å². The summed E-state index contributed by atoms with van der Waals surface area (Å²) in [7, 11) is -3.66. The summed E-state index contributed by atoms with van der Waals surface area (Å²) < 4.78 is 32.5. The second-order valence-electron chi connectivity index (χ2n) is 4.90. The van der Waals surface area contributed by atoms with Crippen molar-refractivity contribution in [3.05, 3.63) is 53.3 Å². The molecule has 0 aliphatic rings. The van der Waals surface area contributed by atoms with Crippen molar-refractivity contribution in [2.24, 2.45) is 0 Å². The van der Waals surface area contributed by atoms with Crippen LogP contribution in [0.1, 0.15) is 19.5 Å². The number of benzene rings is 1. The highest BCUT2D eigenvalue weighted by atomic mass is 35.5. The summed E-state index contributed by atoms with van der Waals surface area (Å²) in [5, 5.41) is 0.259. The molecule has 1 heterocycles. The summed E-state index contributed by atoms with van der Waals surface area (Å²) in [6.07, 6.45) is 1.57. The Morgan fingerprint density at radius 2 is 2.05 bits per heavy atom. The minimum atomic E-state index is -3.66. The third kappa shape index (κ3) is 4.43. The number of pyridine rings is 1. The van der Waals surface area contributed by atoms with Crippen LogP contribution in [0.15, 0.2) is 47.5 Å². The van der Waals surface area contributed by atoms with E-state index in [4.69, 9.17) is 16.3 Å². The van der Waals surface area contributed by atoms with Crippen molar-refractivity contribution >= 4 is 21.6 Å². The molecule has 0 spiro atoms. The molecule has 22 heavy (non-hydrogen) atoms. The minimum Gasteiger partial charge on any atom is -0.489 e. The normalized spacial score (nSPS) is 11.6. The summed E-state index contributed by atoms with van der Waals surface area (Å²) in [6, 6.07) is 9.70. The summed E-state index contributed by atoms with van der Waals surface area (Å²) >= 11 is 6.07. The minimum absolute atomic E-state index is 0.0396. The van der Waals surface area contributed by atoms with E-state index in [1.807, 2.05) is 13.8 Å². The van der Waals surface area contributed by atoms with E-state index < -0.39 is 10.0 Å². The quantitative estimate of drug-likeness (QED) is 0.877. The Morgan fingerprint density at radius 3 is 2.64 bits per heavy atom. The molecule has 1 aromatic carbocycles.